The van der Waals surface area contributed by atoms with Crippen molar-refractivity contribution in [3.63, 3.8) is 0 Å². The van der Waals surface area contributed by atoms with Gasteiger partial charge in [0.2, 0.25) is 0 Å². The molecule has 0 heterocycles. The molecule has 0 fully saturated rings. The summed E-state index contributed by atoms with van der Waals surface area (Å²) in [5.74, 6) is -0.371. The number of esters is 1. The topological polar surface area (TPSA) is 38.7 Å². The lowest BCUT2D eigenvalue weighted by atomic mass is 10.0. The van der Waals surface area contributed by atoms with E-state index in [0.717, 1.165) is 26.9 Å². The number of hydrogen-bond acceptors (Lipinski definition) is 3. The van der Waals surface area contributed by atoms with Crippen LogP contribution in [-0.2, 0) is 9.53 Å². The van der Waals surface area contributed by atoms with Crippen LogP contribution in [0.3, 0.4) is 0 Å². The van der Waals surface area contributed by atoms with Crippen LogP contribution in [0.2, 0.25) is 0 Å². The zero-order chi connectivity index (χ0) is 20.9. The molecule has 0 aliphatic heterocycles. The second-order valence-electron chi connectivity index (χ2n) is 7.70. The summed E-state index contributed by atoms with van der Waals surface area (Å²) in [6.45, 7) is 5.59. The van der Waals surface area contributed by atoms with E-state index in [0.29, 0.717) is 0 Å². The highest BCUT2D eigenvalue weighted by atomic mass is 79.9. The number of halogens is 1. The Labute approximate surface area is 180 Å². The van der Waals surface area contributed by atoms with Crippen LogP contribution in [0.5, 0.6) is 0 Å². The van der Waals surface area contributed by atoms with Crippen LogP contribution >= 0.6 is 15.9 Å². The molecule has 1 atom stereocenters. The molecule has 0 aromatic heterocycles. The first-order chi connectivity index (χ1) is 13.8. The van der Waals surface area contributed by atoms with Crippen molar-refractivity contribution in [2.24, 2.45) is 4.99 Å². The van der Waals surface area contributed by atoms with Gasteiger partial charge in [-0.05, 0) is 38.5 Å². The van der Waals surface area contributed by atoms with Crippen molar-refractivity contribution in [3.05, 3.63) is 106 Å². The van der Waals surface area contributed by atoms with Crippen molar-refractivity contribution in [3.8, 4) is 0 Å². The second-order valence-corrected chi connectivity index (χ2v) is 8.61. The van der Waals surface area contributed by atoms with Crippen LogP contribution in [0.4, 0.5) is 0 Å². The van der Waals surface area contributed by atoms with Gasteiger partial charge in [-0.2, -0.15) is 0 Å². The fourth-order valence-corrected chi connectivity index (χ4v) is 3.17. The zero-order valence-electron chi connectivity index (χ0n) is 16.8. The van der Waals surface area contributed by atoms with Gasteiger partial charge in [0.15, 0.2) is 6.04 Å². The zero-order valence-corrected chi connectivity index (χ0v) is 18.4. The molecule has 3 rings (SSSR count). The third kappa shape index (κ3) is 5.88. The van der Waals surface area contributed by atoms with Gasteiger partial charge in [-0.3, -0.25) is 4.99 Å². The standard InChI is InChI=1S/C25H24BrNO2/c1-25(2,3)29-24(28)23(20-14-16-21(26)17-15-20)27-22(18-10-6-4-7-11-18)19-12-8-5-9-13-19/h4-17,23H,1-3H3/t23-/m1/s1. The maximum absolute atomic E-state index is 13.1. The lowest BCUT2D eigenvalue weighted by Crippen LogP contribution is -2.28. The Bertz CT molecular complexity index is 933. The van der Waals surface area contributed by atoms with E-state index in [9.17, 15) is 4.79 Å². The van der Waals surface area contributed by atoms with E-state index in [-0.39, 0.29) is 5.97 Å². The molecular formula is C25H24BrNO2. The summed E-state index contributed by atoms with van der Waals surface area (Å²) in [6, 6.07) is 26.7. The Morgan fingerprint density at radius 1 is 0.828 bits per heavy atom. The molecule has 0 aliphatic carbocycles. The molecule has 0 saturated carbocycles. The Balaban J connectivity index is 2.14. The van der Waals surface area contributed by atoms with Gasteiger partial charge < -0.3 is 4.74 Å². The van der Waals surface area contributed by atoms with Gasteiger partial charge in [-0.1, -0.05) is 88.7 Å². The maximum Gasteiger partial charge on any atom is 0.336 e. The van der Waals surface area contributed by atoms with Crippen molar-refractivity contribution in [2.75, 3.05) is 0 Å². The van der Waals surface area contributed by atoms with Crippen LogP contribution in [0.25, 0.3) is 0 Å². The molecule has 3 nitrogen and oxygen atoms in total. The van der Waals surface area contributed by atoms with Crippen LogP contribution in [0.1, 0.15) is 43.5 Å². The normalized spacial score (nSPS) is 12.1. The average Bonchev–Trinajstić information content (AvgIpc) is 2.70. The van der Waals surface area contributed by atoms with E-state index in [1.165, 1.54) is 0 Å². The number of aliphatic imine (C=N–C) groups is 1. The summed E-state index contributed by atoms with van der Waals surface area (Å²) in [7, 11) is 0. The molecule has 29 heavy (non-hydrogen) atoms. The molecule has 3 aromatic carbocycles. The van der Waals surface area contributed by atoms with E-state index >= 15 is 0 Å². The summed E-state index contributed by atoms with van der Waals surface area (Å²) in [6.07, 6.45) is 0. The fraction of sp³-hybridized carbons (Fsp3) is 0.200. The van der Waals surface area contributed by atoms with Crippen molar-refractivity contribution >= 4 is 27.6 Å². The highest BCUT2D eigenvalue weighted by Crippen LogP contribution is 2.26. The summed E-state index contributed by atoms with van der Waals surface area (Å²) >= 11 is 3.45. The minimum Gasteiger partial charge on any atom is -0.458 e. The average molecular weight is 450 g/mol. The molecule has 0 unspecified atom stereocenters. The molecule has 0 N–H and O–H groups in total. The third-order valence-electron chi connectivity index (χ3n) is 4.17. The first-order valence-corrected chi connectivity index (χ1v) is 10.3. The number of nitrogens with zero attached hydrogens (tertiary/aromatic N) is 1. The second kappa shape index (κ2) is 9.19. The quantitative estimate of drug-likeness (QED) is 0.335. The number of ether oxygens (including phenoxy) is 1. The van der Waals surface area contributed by atoms with Crippen molar-refractivity contribution in [1.82, 2.24) is 0 Å². The minimum absolute atomic E-state index is 0.371. The lowest BCUT2D eigenvalue weighted by Gasteiger charge is -2.23. The molecule has 0 aliphatic rings. The number of carbonyl (C=O) groups is 1. The van der Waals surface area contributed by atoms with Crippen molar-refractivity contribution in [2.45, 2.75) is 32.4 Å². The predicted molar refractivity (Wildman–Crippen MR) is 121 cm³/mol. The summed E-state index contributed by atoms with van der Waals surface area (Å²) in [4.78, 5) is 18.0. The van der Waals surface area contributed by atoms with Gasteiger partial charge in [0.25, 0.3) is 0 Å². The first kappa shape index (κ1) is 21.0. The van der Waals surface area contributed by atoms with Crippen LogP contribution in [-0.4, -0.2) is 17.3 Å². The van der Waals surface area contributed by atoms with Gasteiger partial charge in [-0.15, -0.1) is 0 Å². The Hall–Kier alpha value is -2.72. The first-order valence-electron chi connectivity index (χ1n) is 9.50. The Morgan fingerprint density at radius 3 is 1.76 bits per heavy atom. The van der Waals surface area contributed by atoms with E-state index in [1.807, 2.05) is 106 Å². The van der Waals surface area contributed by atoms with E-state index in [1.54, 1.807) is 0 Å². The molecular weight excluding hydrogens is 426 g/mol. The number of benzene rings is 3. The van der Waals surface area contributed by atoms with Gasteiger partial charge in [-0.25, -0.2) is 4.79 Å². The molecule has 0 bridgehead atoms. The highest BCUT2D eigenvalue weighted by Gasteiger charge is 2.27. The molecule has 0 spiro atoms. The van der Waals surface area contributed by atoms with Crippen LogP contribution in [0.15, 0.2) is 94.4 Å². The van der Waals surface area contributed by atoms with Crippen LogP contribution in [0, 0.1) is 0 Å². The fourth-order valence-electron chi connectivity index (χ4n) is 2.90. The molecule has 0 radical (unpaired) electrons. The molecule has 4 heteroatoms. The van der Waals surface area contributed by atoms with Crippen LogP contribution < -0.4 is 0 Å². The Kier molecular flexibility index (Phi) is 6.65. The summed E-state index contributed by atoms with van der Waals surface area (Å²) < 4.78 is 6.64. The summed E-state index contributed by atoms with van der Waals surface area (Å²) in [5, 5.41) is 0. The van der Waals surface area contributed by atoms with Gasteiger partial charge in [0.05, 0.1) is 5.71 Å². The molecule has 148 valence electrons. The van der Waals surface area contributed by atoms with E-state index in [2.05, 4.69) is 15.9 Å². The molecule has 0 amide bonds. The van der Waals surface area contributed by atoms with Crippen molar-refractivity contribution in [1.29, 1.82) is 0 Å². The van der Waals surface area contributed by atoms with Crippen molar-refractivity contribution < 1.29 is 9.53 Å². The Morgan fingerprint density at radius 2 is 1.31 bits per heavy atom. The lowest BCUT2D eigenvalue weighted by molar-refractivity contribution is -0.156. The minimum atomic E-state index is -0.766. The monoisotopic (exact) mass is 449 g/mol. The number of carbonyl (C=O) groups excluding carboxylic acids is 1. The molecule has 3 aromatic rings. The van der Waals surface area contributed by atoms with Gasteiger partial charge in [0.1, 0.15) is 5.60 Å². The maximum atomic E-state index is 13.1. The SMILES string of the molecule is CC(C)(C)OC(=O)[C@H](N=C(c1ccccc1)c1ccccc1)c1ccc(Br)cc1. The van der Waals surface area contributed by atoms with Gasteiger partial charge in [0, 0.05) is 15.6 Å². The summed E-state index contributed by atoms with van der Waals surface area (Å²) in [5.41, 5.74) is 2.84. The van der Waals surface area contributed by atoms with E-state index < -0.39 is 11.6 Å². The third-order valence-corrected chi connectivity index (χ3v) is 4.70. The highest BCUT2D eigenvalue weighted by molar-refractivity contribution is 9.10. The largest absolute Gasteiger partial charge is 0.458 e. The smallest absolute Gasteiger partial charge is 0.336 e. The number of hydrogen-bond donors (Lipinski definition) is 0. The van der Waals surface area contributed by atoms with Gasteiger partial charge >= 0.3 is 5.97 Å². The predicted octanol–water partition coefficient (Wildman–Crippen LogP) is 6.37. The number of rotatable bonds is 5. The van der Waals surface area contributed by atoms with E-state index in [4.69, 9.17) is 9.73 Å². The molecule has 0 saturated heterocycles.